The Labute approximate surface area is 127 Å². The van der Waals surface area contributed by atoms with E-state index in [0.29, 0.717) is 18.0 Å². The van der Waals surface area contributed by atoms with E-state index in [-0.39, 0.29) is 11.8 Å². The van der Waals surface area contributed by atoms with Crippen molar-refractivity contribution in [3.05, 3.63) is 23.8 Å². The SMILES string of the molecule is CCCCC(CC)C(=O)NCc1ccc(OC)c(OC)c1. The normalized spacial score (nSPS) is 11.8. The number of hydrogen-bond acceptors (Lipinski definition) is 3. The van der Waals surface area contributed by atoms with Crippen LogP contribution in [0.2, 0.25) is 0 Å². The lowest BCUT2D eigenvalue weighted by atomic mass is 9.98. The monoisotopic (exact) mass is 293 g/mol. The number of benzene rings is 1. The van der Waals surface area contributed by atoms with Crippen LogP contribution in [0.1, 0.15) is 45.1 Å². The number of carbonyl (C=O) groups excluding carboxylic acids is 1. The van der Waals surface area contributed by atoms with E-state index in [2.05, 4.69) is 19.2 Å². The Balaban J connectivity index is 2.59. The van der Waals surface area contributed by atoms with Crippen LogP contribution in [0.5, 0.6) is 11.5 Å². The zero-order valence-corrected chi connectivity index (χ0v) is 13.6. The van der Waals surface area contributed by atoms with Crippen molar-refractivity contribution >= 4 is 5.91 Å². The van der Waals surface area contributed by atoms with E-state index in [4.69, 9.17) is 9.47 Å². The molecule has 0 aliphatic rings. The summed E-state index contributed by atoms with van der Waals surface area (Å²) in [5.74, 6) is 1.63. The van der Waals surface area contributed by atoms with Crippen molar-refractivity contribution in [3.8, 4) is 11.5 Å². The summed E-state index contributed by atoms with van der Waals surface area (Å²) < 4.78 is 10.5. The zero-order valence-electron chi connectivity index (χ0n) is 13.6. The molecule has 1 amide bonds. The lowest BCUT2D eigenvalue weighted by molar-refractivity contribution is -0.125. The van der Waals surface area contributed by atoms with Gasteiger partial charge in [-0.3, -0.25) is 4.79 Å². The average Bonchev–Trinajstić information content (AvgIpc) is 2.53. The molecule has 0 heterocycles. The second kappa shape index (κ2) is 9.27. The van der Waals surface area contributed by atoms with E-state index >= 15 is 0 Å². The predicted molar refractivity (Wildman–Crippen MR) is 84.7 cm³/mol. The molecule has 118 valence electrons. The molecule has 4 heteroatoms. The quantitative estimate of drug-likeness (QED) is 0.757. The third kappa shape index (κ3) is 5.29. The summed E-state index contributed by atoms with van der Waals surface area (Å²) in [5.41, 5.74) is 1.01. The standard InChI is InChI=1S/C17H27NO3/c1-5-7-8-14(6-2)17(19)18-12-13-9-10-15(20-3)16(11-13)21-4/h9-11,14H,5-8,12H2,1-4H3,(H,18,19). The number of carbonyl (C=O) groups is 1. The van der Waals surface area contributed by atoms with Crippen LogP contribution in [0, 0.1) is 5.92 Å². The molecule has 0 fully saturated rings. The molecule has 0 saturated heterocycles. The van der Waals surface area contributed by atoms with Crippen LogP contribution in [0.25, 0.3) is 0 Å². The van der Waals surface area contributed by atoms with Crippen molar-refractivity contribution in [2.45, 2.75) is 46.1 Å². The maximum absolute atomic E-state index is 12.2. The lowest BCUT2D eigenvalue weighted by Crippen LogP contribution is -2.30. The van der Waals surface area contributed by atoms with Crippen LogP contribution >= 0.6 is 0 Å². The third-order valence-corrected chi connectivity index (χ3v) is 3.68. The van der Waals surface area contributed by atoms with Crippen molar-refractivity contribution in [2.24, 2.45) is 5.92 Å². The molecule has 0 bridgehead atoms. The maximum Gasteiger partial charge on any atom is 0.223 e. The highest BCUT2D eigenvalue weighted by molar-refractivity contribution is 5.78. The molecule has 1 rings (SSSR count). The van der Waals surface area contributed by atoms with Crippen LogP contribution in [-0.2, 0) is 11.3 Å². The molecule has 21 heavy (non-hydrogen) atoms. The van der Waals surface area contributed by atoms with Gasteiger partial charge in [0.05, 0.1) is 14.2 Å². The highest BCUT2D eigenvalue weighted by Crippen LogP contribution is 2.27. The second-order valence-electron chi connectivity index (χ2n) is 5.15. The number of unbranched alkanes of at least 4 members (excludes halogenated alkanes) is 1. The van der Waals surface area contributed by atoms with Gasteiger partial charge in [0.15, 0.2) is 11.5 Å². The van der Waals surface area contributed by atoms with Gasteiger partial charge < -0.3 is 14.8 Å². The van der Waals surface area contributed by atoms with E-state index in [9.17, 15) is 4.79 Å². The lowest BCUT2D eigenvalue weighted by Gasteiger charge is -2.15. The van der Waals surface area contributed by atoms with Gasteiger partial charge in [0.25, 0.3) is 0 Å². The summed E-state index contributed by atoms with van der Waals surface area (Å²) in [6.45, 7) is 4.73. The zero-order chi connectivity index (χ0) is 15.7. The van der Waals surface area contributed by atoms with Crippen LogP contribution in [0.3, 0.4) is 0 Å². The first kappa shape index (κ1) is 17.3. The molecule has 0 aliphatic carbocycles. The van der Waals surface area contributed by atoms with E-state index in [1.807, 2.05) is 18.2 Å². The smallest absolute Gasteiger partial charge is 0.223 e. The van der Waals surface area contributed by atoms with Gasteiger partial charge in [0.1, 0.15) is 0 Å². The van der Waals surface area contributed by atoms with Gasteiger partial charge in [-0.25, -0.2) is 0 Å². The Kier molecular flexibility index (Phi) is 7.65. The highest BCUT2D eigenvalue weighted by Gasteiger charge is 2.15. The van der Waals surface area contributed by atoms with Crippen LogP contribution in [0.15, 0.2) is 18.2 Å². The summed E-state index contributed by atoms with van der Waals surface area (Å²) in [7, 11) is 3.22. The maximum atomic E-state index is 12.2. The summed E-state index contributed by atoms with van der Waals surface area (Å²) in [4.78, 5) is 12.2. The third-order valence-electron chi connectivity index (χ3n) is 3.68. The van der Waals surface area contributed by atoms with Crippen molar-refractivity contribution in [1.82, 2.24) is 5.32 Å². The molecule has 4 nitrogen and oxygen atoms in total. The van der Waals surface area contributed by atoms with Crippen molar-refractivity contribution in [3.63, 3.8) is 0 Å². The first-order valence-corrected chi connectivity index (χ1v) is 7.64. The second-order valence-corrected chi connectivity index (χ2v) is 5.15. The van der Waals surface area contributed by atoms with E-state index < -0.39 is 0 Å². The number of hydrogen-bond donors (Lipinski definition) is 1. The van der Waals surface area contributed by atoms with E-state index in [1.165, 1.54) is 0 Å². The Morgan fingerprint density at radius 3 is 2.48 bits per heavy atom. The molecule has 0 radical (unpaired) electrons. The van der Waals surface area contributed by atoms with Gasteiger partial charge in [-0.1, -0.05) is 32.8 Å². The van der Waals surface area contributed by atoms with E-state index in [1.54, 1.807) is 14.2 Å². The number of rotatable bonds is 9. The van der Waals surface area contributed by atoms with Gasteiger partial charge >= 0.3 is 0 Å². The summed E-state index contributed by atoms with van der Waals surface area (Å²) in [5, 5.41) is 3.01. The molecule has 0 aliphatic heterocycles. The van der Waals surface area contributed by atoms with E-state index in [0.717, 1.165) is 31.2 Å². The molecule has 1 unspecified atom stereocenters. The van der Waals surface area contributed by atoms with Gasteiger partial charge in [-0.05, 0) is 30.5 Å². The molecule has 1 aromatic rings. The molecular formula is C17H27NO3. The Hall–Kier alpha value is -1.71. The Morgan fingerprint density at radius 1 is 1.19 bits per heavy atom. The molecule has 0 saturated carbocycles. The topological polar surface area (TPSA) is 47.6 Å². The summed E-state index contributed by atoms with van der Waals surface area (Å²) in [6, 6.07) is 5.69. The van der Waals surface area contributed by atoms with Gasteiger partial charge in [-0.15, -0.1) is 0 Å². The first-order valence-electron chi connectivity index (χ1n) is 7.64. The first-order chi connectivity index (χ1) is 10.2. The fraction of sp³-hybridized carbons (Fsp3) is 0.588. The fourth-order valence-electron chi connectivity index (χ4n) is 2.30. The van der Waals surface area contributed by atoms with Crippen LogP contribution in [-0.4, -0.2) is 20.1 Å². The van der Waals surface area contributed by atoms with Crippen LogP contribution < -0.4 is 14.8 Å². The Bertz CT molecular complexity index is 446. The number of ether oxygens (including phenoxy) is 2. The van der Waals surface area contributed by atoms with Gasteiger partial charge in [0.2, 0.25) is 5.91 Å². The van der Waals surface area contributed by atoms with Crippen molar-refractivity contribution in [1.29, 1.82) is 0 Å². The summed E-state index contributed by atoms with van der Waals surface area (Å²) in [6.07, 6.45) is 4.07. The van der Waals surface area contributed by atoms with Gasteiger partial charge in [0, 0.05) is 12.5 Å². The fourth-order valence-corrected chi connectivity index (χ4v) is 2.30. The molecule has 1 aromatic carbocycles. The number of methoxy groups -OCH3 is 2. The predicted octanol–water partition coefficient (Wildman–Crippen LogP) is 3.54. The number of nitrogens with one attached hydrogen (secondary N) is 1. The molecule has 0 aromatic heterocycles. The van der Waals surface area contributed by atoms with Gasteiger partial charge in [-0.2, -0.15) is 0 Å². The molecule has 1 atom stereocenters. The molecular weight excluding hydrogens is 266 g/mol. The van der Waals surface area contributed by atoms with Crippen LogP contribution in [0.4, 0.5) is 0 Å². The summed E-state index contributed by atoms with van der Waals surface area (Å²) >= 11 is 0. The Morgan fingerprint density at radius 2 is 1.90 bits per heavy atom. The molecule has 1 N–H and O–H groups in total. The largest absolute Gasteiger partial charge is 0.493 e. The molecule has 0 spiro atoms. The van der Waals surface area contributed by atoms with Crippen molar-refractivity contribution < 1.29 is 14.3 Å². The highest BCUT2D eigenvalue weighted by atomic mass is 16.5. The minimum atomic E-state index is 0.116. The van der Waals surface area contributed by atoms with Crippen molar-refractivity contribution in [2.75, 3.05) is 14.2 Å². The average molecular weight is 293 g/mol. The minimum absolute atomic E-state index is 0.116. The minimum Gasteiger partial charge on any atom is -0.493 e. The number of amides is 1.